The second-order valence-corrected chi connectivity index (χ2v) is 18.9. The van der Waals surface area contributed by atoms with Crippen LogP contribution in [0.5, 0.6) is 0 Å². The van der Waals surface area contributed by atoms with Crippen molar-refractivity contribution in [3.63, 3.8) is 0 Å². The van der Waals surface area contributed by atoms with Gasteiger partial charge in [0.1, 0.15) is 146 Å². The number of phosphoric acid groups is 1. The van der Waals surface area contributed by atoms with E-state index in [9.17, 15) is 106 Å². The van der Waals surface area contributed by atoms with Crippen LogP contribution < -0.4 is 15.0 Å². The van der Waals surface area contributed by atoms with Crippen molar-refractivity contribution in [3.05, 3.63) is 0 Å². The van der Waals surface area contributed by atoms with Crippen LogP contribution in [0.3, 0.4) is 0 Å². The van der Waals surface area contributed by atoms with Gasteiger partial charge in [0.15, 0.2) is 37.7 Å². The van der Waals surface area contributed by atoms with Crippen molar-refractivity contribution in [3.8, 4) is 0 Å². The summed E-state index contributed by atoms with van der Waals surface area (Å²) in [6.07, 6.45) is -58.5. The largest absolute Gasteiger partial charge is 0.790 e. The van der Waals surface area contributed by atoms with Gasteiger partial charge in [-0.15, -0.1) is 0 Å². The molecule has 35 nitrogen and oxygen atoms in total. The average Bonchev–Trinajstić information content (AvgIpc) is 3.35. The first-order valence-electron chi connectivity index (χ1n) is 22.4. The number of methoxy groups -OCH3 is 1. The standard InChI is InChI=1S/C37H65O35P/c1-59-32-28(54)29(70-37-31(24(50)15(41)9(3-39)65-37)72-35-27(53)22(48)18(44)13(69-35)7-63-73(56,57)58)19(45)11(66-32)5-60-33-25(51)20(46)16(42)10(67-33)4-61-36-30(23(49)14(40)8(2-38)64-36)71-34-26(52)21(47)17(43)12(68-34)6-62-55/h8-55H,2-7H2,1H3,(H2,56,57,58)/p-3/t8?,9?,10?,11?,12?,13?,14-,15-,16-,17-,18-,19-,20+,21+,22+,23+,24+,25?,26?,27?,28?,29+,30?,31?,32-,33+,34+,35-,36+,37-/m1/s1. The van der Waals surface area contributed by atoms with Gasteiger partial charge in [0.05, 0.1) is 47.5 Å². The van der Waals surface area contributed by atoms with Crippen molar-refractivity contribution in [2.75, 3.05) is 46.8 Å². The van der Waals surface area contributed by atoms with E-state index in [1.165, 1.54) is 0 Å². The Labute approximate surface area is 411 Å². The van der Waals surface area contributed by atoms with E-state index < -0.39 is 232 Å². The Hall–Kier alpha value is -1.13. The molecule has 6 saturated heterocycles. The lowest BCUT2D eigenvalue weighted by molar-refractivity contribution is -0.692. The minimum atomic E-state index is -5.68. The molecule has 6 rings (SSSR count). The predicted molar refractivity (Wildman–Crippen MR) is 209 cm³/mol. The summed E-state index contributed by atoms with van der Waals surface area (Å²) in [5.74, 6) is 0. The summed E-state index contributed by atoms with van der Waals surface area (Å²) in [7, 11) is -4.64. The second kappa shape index (κ2) is 26.2. The molecule has 36 heteroatoms. The quantitative estimate of drug-likeness (QED) is 0.0306. The average molecular weight is 1100 g/mol. The molecule has 0 aromatic rings. The molecule has 0 saturated carbocycles. The second-order valence-electron chi connectivity index (χ2n) is 17.7. The van der Waals surface area contributed by atoms with Crippen LogP contribution in [0.25, 0.3) is 0 Å². The summed E-state index contributed by atoms with van der Waals surface area (Å²) < 4.78 is 81.9. The van der Waals surface area contributed by atoms with Crippen molar-refractivity contribution in [2.45, 2.75) is 184 Å². The third-order valence-corrected chi connectivity index (χ3v) is 13.3. The predicted octanol–water partition coefficient (Wildman–Crippen LogP) is -15.3. The van der Waals surface area contributed by atoms with E-state index in [0.717, 1.165) is 7.11 Å². The van der Waals surface area contributed by atoms with Gasteiger partial charge < -0.3 is 173 Å². The molecule has 0 aromatic carbocycles. The smallest absolute Gasteiger partial charge is 0.187 e. The molecule has 73 heavy (non-hydrogen) atoms. The summed E-state index contributed by atoms with van der Waals surface area (Å²) in [5.41, 5.74) is 0. The zero-order valence-electron chi connectivity index (χ0n) is 38.0. The van der Waals surface area contributed by atoms with Gasteiger partial charge in [0, 0.05) is 7.11 Å². The molecule has 30 atom stereocenters. The highest BCUT2D eigenvalue weighted by Gasteiger charge is 2.56. The number of hydrogen-bond acceptors (Lipinski definition) is 35. The Balaban J connectivity index is 1.14. The molecule has 6 fully saturated rings. The normalized spacial score (nSPS) is 50.2. The maximum absolute atomic E-state index is 11.6. The fourth-order valence-corrected chi connectivity index (χ4v) is 8.97. The zero-order chi connectivity index (χ0) is 54.0. The van der Waals surface area contributed by atoms with Gasteiger partial charge in [-0.25, -0.2) is 0 Å². The maximum Gasteiger partial charge on any atom is 0.187 e. The van der Waals surface area contributed by atoms with Crippen LogP contribution in [0.4, 0.5) is 0 Å². The van der Waals surface area contributed by atoms with Crippen LogP contribution in [0.15, 0.2) is 0 Å². The Morgan fingerprint density at radius 3 is 1.21 bits per heavy atom. The Morgan fingerprint density at radius 1 is 0.384 bits per heavy atom. The molecule has 17 N–H and O–H groups in total. The van der Waals surface area contributed by atoms with Crippen molar-refractivity contribution < 1.29 is 173 Å². The molecule has 6 heterocycles. The molecule has 0 amide bonds. The van der Waals surface area contributed by atoms with Crippen LogP contribution >= 0.6 is 7.82 Å². The fourth-order valence-electron chi connectivity index (χ4n) is 8.64. The van der Waals surface area contributed by atoms with Crippen molar-refractivity contribution in [1.29, 1.82) is 0 Å². The van der Waals surface area contributed by atoms with Gasteiger partial charge in [-0.3, -0.25) is 0 Å². The van der Waals surface area contributed by atoms with E-state index in [0.29, 0.717) is 0 Å². The minimum Gasteiger partial charge on any atom is -0.790 e. The fraction of sp³-hybridized carbons (Fsp3) is 1.00. The van der Waals surface area contributed by atoms with E-state index in [4.69, 9.17) is 56.8 Å². The van der Waals surface area contributed by atoms with Crippen LogP contribution in [0.1, 0.15) is 0 Å². The number of aliphatic hydroxyl groups excluding tert-OH is 17. The molecule has 0 aromatic heterocycles. The van der Waals surface area contributed by atoms with Gasteiger partial charge in [-0.05, 0) is 0 Å². The van der Waals surface area contributed by atoms with Crippen molar-refractivity contribution in [2.24, 2.45) is 0 Å². The molecule has 6 aliphatic heterocycles. The first kappa shape index (κ1) is 61.1. The first-order chi connectivity index (χ1) is 34.4. The highest BCUT2D eigenvalue weighted by molar-refractivity contribution is 7.43. The van der Waals surface area contributed by atoms with E-state index in [-0.39, 0.29) is 0 Å². The van der Waals surface area contributed by atoms with Gasteiger partial charge in [-0.2, -0.15) is 0 Å². The van der Waals surface area contributed by atoms with E-state index in [1.54, 1.807) is 0 Å². The summed E-state index contributed by atoms with van der Waals surface area (Å²) in [5, 5.41) is 192. The summed E-state index contributed by atoms with van der Waals surface area (Å²) in [4.78, 5) is 25.9. The van der Waals surface area contributed by atoms with Crippen molar-refractivity contribution >= 4 is 7.82 Å². The van der Waals surface area contributed by atoms with Gasteiger partial charge in [0.25, 0.3) is 0 Å². The summed E-state index contributed by atoms with van der Waals surface area (Å²) in [6.45, 7) is -5.70. The van der Waals surface area contributed by atoms with E-state index >= 15 is 0 Å². The Bertz CT molecular complexity index is 1730. The monoisotopic (exact) mass is 1100 g/mol. The Kier molecular flexibility index (Phi) is 21.9. The lowest BCUT2D eigenvalue weighted by atomic mass is 9.96. The molecule has 12 unspecified atom stereocenters. The molecule has 0 aliphatic carbocycles. The topological polar surface area (TPSA) is 559 Å². The van der Waals surface area contributed by atoms with Crippen LogP contribution in [0, 0.1) is 0 Å². The summed E-state index contributed by atoms with van der Waals surface area (Å²) >= 11 is 0. The lowest BCUT2D eigenvalue weighted by Gasteiger charge is -2.48. The molecule has 0 spiro atoms. The summed E-state index contributed by atoms with van der Waals surface area (Å²) in [6, 6.07) is 0. The van der Waals surface area contributed by atoms with E-state index in [1.807, 2.05) is 0 Å². The van der Waals surface area contributed by atoms with Crippen LogP contribution in [-0.4, -0.2) is 318 Å². The van der Waals surface area contributed by atoms with E-state index in [2.05, 4.69) is 9.41 Å². The van der Waals surface area contributed by atoms with Crippen LogP contribution in [-0.2, 0) is 70.8 Å². The van der Waals surface area contributed by atoms with Gasteiger partial charge in [-0.1, -0.05) is 0 Å². The van der Waals surface area contributed by atoms with Gasteiger partial charge >= 0.3 is 0 Å². The highest BCUT2D eigenvalue weighted by atomic mass is 31.2. The van der Waals surface area contributed by atoms with Gasteiger partial charge in [0.2, 0.25) is 0 Å². The lowest BCUT2D eigenvalue weighted by Crippen LogP contribution is -2.67. The number of rotatable bonds is 20. The number of phosphoric ester groups is 1. The zero-order valence-corrected chi connectivity index (χ0v) is 38.9. The first-order valence-corrected chi connectivity index (χ1v) is 23.8. The SMILES string of the molecule is CO[C@@H]1OC(CO[C@H]2OC(CO[C@H]3OC(CO)[C@@H](O)[C@H](O)C3O[C@@H]3OC(CO[O-])[C@@H](O)[C@H](O)C3O)[C@@H](O)[C@H](O)C2O)[C@@H](O)[C@H](O[C@H]2OC(CO)[C@@H](O)[C@H](O)C2O[C@H]2OC(COP(=O)([O-])[O-])[C@@H](O)[C@H](O)C2O)C1O. The molecule has 0 radical (unpaired) electrons. The third kappa shape index (κ3) is 13.8. The number of ether oxygens (including phenoxy) is 12. The molecule has 6 aliphatic rings. The highest BCUT2D eigenvalue weighted by Crippen LogP contribution is 2.36. The minimum absolute atomic E-state index is 0.852. The maximum atomic E-state index is 11.6. The van der Waals surface area contributed by atoms with Crippen molar-refractivity contribution in [1.82, 2.24) is 0 Å². The van der Waals surface area contributed by atoms with Crippen LogP contribution in [0.2, 0.25) is 0 Å². The molecular weight excluding hydrogens is 1040 g/mol. The number of aliphatic hydroxyl groups is 17. The molecular formula is C37H62O35P-3. The number of hydrogen-bond donors (Lipinski definition) is 17. The molecule has 0 bridgehead atoms. The third-order valence-electron chi connectivity index (χ3n) is 12.9. The molecule has 428 valence electrons. The Morgan fingerprint density at radius 2 is 0.740 bits per heavy atom.